The number of hydrogen-bond acceptors (Lipinski definition) is 3. The van der Waals surface area contributed by atoms with Crippen molar-refractivity contribution in [3.63, 3.8) is 0 Å². The lowest BCUT2D eigenvalue weighted by atomic mass is 9.74. The number of carbonyl (C=O) groups excluding carboxylic acids is 2. The summed E-state index contributed by atoms with van der Waals surface area (Å²) < 4.78 is 43.7. The van der Waals surface area contributed by atoms with Crippen molar-refractivity contribution in [3.05, 3.63) is 35.4 Å². The topological polar surface area (TPSA) is 67.4 Å². The van der Waals surface area contributed by atoms with E-state index in [2.05, 4.69) is 10.6 Å². The van der Waals surface area contributed by atoms with Gasteiger partial charge in [0.25, 0.3) is 5.91 Å². The SMILES string of the molecule is COC1CCC2CC(CCNC(=O)c3cccc(C(F)(F)F)c3)C(=O)NC2C1. The number of nitrogens with one attached hydrogen (secondary N) is 2. The first kappa shape index (κ1) is 20.6. The van der Waals surface area contributed by atoms with Crippen LogP contribution in [0.15, 0.2) is 24.3 Å². The molecule has 3 rings (SSSR count). The van der Waals surface area contributed by atoms with Crippen molar-refractivity contribution >= 4 is 11.8 Å². The average molecular weight is 398 g/mol. The van der Waals surface area contributed by atoms with Crippen molar-refractivity contribution < 1.29 is 27.5 Å². The highest BCUT2D eigenvalue weighted by Gasteiger charge is 2.39. The second-order valence-electron chi connectivity index (χ2n) is 7.60. The molecular formula is C20H25F3N2O3. The summed E-state index contributed by atoms with van der Waals surface area (Å²) >= 11 is 0. The summed E-state index contributed by atoms with van der Waals surface area (Å²) in [7, 11) is 1.69. The summed E-state index contributed by atoms with van der Waals surface area (Å²) in [5, 5.41) is 5.70. The minimum atomic E-state index is -4.49. The standard InChI is InChI=1S/C20H25F3N2O3/c1-28-16-6-5-12-9-14(19(27)25-17(12)11-16)7-8-24-18(26)13-3-2-4-15(10-13)20(21,22)23/h2-4,10,12,14,16-17H,5-9,11H2,1H3,(H,24,26)(H,25,27). The third kappa shape index (κ3) is 4.84. The monoisotopic (exact) mass is 398 g/mol. The smallest absolute Gasteiger partial charge is 0.381 e. The largest absolute Gasteiger partial charge is 0.416 e. The fourth-order valence-corrected chi connectivity index (χ4v) is 4.19. The molecule has 1 heterocycles. The summed E-state index contributed by atoms with van der Waals surface area (Å²) in [5.74, 6) is -0.373. The van der Waals surface area contributed by atoms with Gasteiger partial charge in [-0.25, -0.2) is 0 Å². The number of piperidine rings is 1. The van der Waals surface area contributed by atoms with Gasteiger partial charge in [-0.05, 0) is 56.2 Å². The Morgan fingerprint density at radius 1 is 1.29 bits per heavy atom. The van der Waals surface area contributed by atoms with Gasteiger partial charge < -0.3 is 15.4 Å². The molecule has 4 atom stereocenters. The highest BCUT2D eigenvalue weighted by molar-refractivity contribution is 5.94. The van der Waals surface area contributed by atoms with Gasteiger partial charge >= 0.3 is 6.18 Å². The Labute approximate surface area is 162 Å². The van der Waals surface area contributed by atoms with Crippen molar-refractivity contribution in [1.82, 2.24) is 10.6 Å². The third-order valence-electron chi connectivity index (χ3n) is 5.79. The van der Waals surface area contributed by atoms with Gasteiger partial charge in [-0.1, -0.05) is 6.07 Å². The van der Waals surface area contributed by atoms with Crippen molar-refractivity contribution in [2.75, 3.05) is 13.7 Å². The van der Waals surface area contributed by atoms with Crippen LogP contribution in [0.2, 0.25) is 0 Å². The Morgan fingerprint density at radius 2 is 2.07 bits per heavy atom. The van der Waals surface area contributed by atoms with Gasteiger partial charge in [0.2, 0.25) is 5.91 Å². The number of amides is 2. The molecule has 0 spiro atoms. The first-order chi connectivity index (χ1) is 13.3. The molecule has 1 aliphatic heterocycles. The molecule has 0 radical (unpaired) electrons. The molecule has 0 bridgehead atoms. The molecule has 2 fully saturated rings. The molecule has 1 saturated heterocycles. The van der Waals surface area contributed by atoms with Gasteiger partial charge in [0.05, 0.1) is 11.7 Å². The van der Waals surface area contributed by atoms with Crippen LogP contribution in [-0.2, 0) is 15.7 Å². The minimum Gasteiger partial charge on any atom is -0.381 e. The van der Waals surface area contributed by atoms with Crippen molar-refractivity contribution in [2.24, 2.45) is 11.8 Å². The second-order valence-corrected chi connectivity index (χ2v) is 7.60. The first-order valence-electron chi connectivity index (χ1n) is 9.56. The lowest BCUT2D eigenvalue weighted by Gasteiger charge is -2.41. The normalized spacial score (nSPS) is 27.6. The number of alkyl halides is 3. The number of rotatable bonds is 5. The van der Waals surface area contributed by atoms with E-state index < -0.39 is 17.6 Å². The van der Waals surface area contributed by atoms with Gasteiger partial charge in [-0.2, -0.15) is 13.2 Å². The van der Waals surface area contributed by atoms with Gasteiger partial charge in [0, 0.05) is 31.2 Å². The quantitative estimate of drug-likeness (QED) is 0.801. The highest BCUT2D eigenvalue weighted by atomic mass is 19.4. The summed E-state index contributed by atoms with van der Waals surface area (Å²) in [6.45, 7) is 0.241. The molecule has 1 saturated carbocycles. The minimum absolute atomic E-state index is 0.0219. The number of benzene rings is 1. The highest BCUT2D eigenvalue weighted by Crippen LogP contribution is 2.35. The van der Waals surface area contributed by atoms with Crippen LogP contribution >= 0.6 is 0 Å². The number of hydrogen-bond donors (Lipinski definition) is 2. The molecular weight excluding hydrogens is 373 g/mol. The van der Waals surface area contributed by atoms with E-state index in [1.54, 1.807) is 7.11 Å². The Morgan fingerprint density at radius 3 is 2.79 bits per heavy atom. The molecule has 2 amide bonds. The van der Waals surface area contributed by atoms with E-state index in [1.807, 2.05) is 0 Å². The molecule has 5 nitrogen and oxygen atoms in total. The van der Waals surface area contributed by atoms with E-state index in [0.717, 1.165) is 37.8 Å². The maximum atomic E-state index is 12.8. The average Bonchev–Trinajstić information content (AvgIpc) is 2.67. The summed E-state index contributed by atoms with van der Waals surface area (Å²) in [5.41, 5.74) is -0.898. The Bertz CT molecular complexity index is 723. The molecule has 154 valence electrons. The number of ether oxygens (including phenoxy) is 1. The van der Waals surface area contributed by atoms with Crippen LogP contribution in [0.5, 0.6) is 0 Å². The molecule has 1 aliphatic carbocycles. The number of fused-ring (bicyclic) bond motifs is 1. The van der Waals surface area contributed by atoms with Crippen LogP contribution in [0, 0.1) is 11.8 Å². The molecule has 2 aliphatic rings. The maximum Gasteiger partial charge on any atom is 0.416 e. The molecule has 1 aromatic rings. The number of carbonyl (C=O) groups is 2. The van der Waals surface area contributed by atoms with Crippen molar-refractivity contribution in [2.45, 2.75) is 50.4 Å². The molecule has 4 unspecified atom stereocenters. The van der Waals surface area contributed by atoms with Crippen molar-refractivity contribution in [1.29, 1.82) is 0 Å². The second kappa shape index (κ2) is 8.51. The molecule has 0 aromatic heterocycles. The fourth-order valence-electron chi connectivity index (χ4n) is 4.19. The van der Waals surface area contributed by atoms with Crippen LogP contribution in [0.3, 0.4) is 0 Å². The van der Waals surface area contributed by atoms with Crippen LogP contribution in [0.4, 0.5) is 13.2 Å². The van der Waals surface area contributed by atoms with Crippen LogP contribution in [0.25, 0.3) is 0 Å². The van der Waals surface area contributed by atoms with E-state index in [0.29, 0.717) is 12.3 Å². The van der Waals surface area contributed by atoms with E-state index in [-0.39, 0.29) is 36.1 Å². The Hall–Kier alpha value is -2.09. The zero-order valence-corrected chi connectivity index (χ0v) is 15.7. The molecule has 2 N–H and O–H groups in total. The summed E-state index contributed by atoms with van der Waals surface area (Å²) in [4.78, 5) is 24.5. The molecule has 8 heteroatoms. The van der Waals surface area contributed by atoms with Crippen LogP contribution in [-0.4, -0.2) is 37.6 Å². The van der Waals surface area contributed by atoms with Gasteiger partial charge in [0.15, 0.2) is 0 Å². The predicted octanol–water partition coefficient (Wildman–Crippen LogP) is 3.15. The van der Waals surface area contributed by atoms with E-state index in [9.17, 15) is 22.8 Å². The number of methoxy groups -OCH3 is 1. The van der Waals surface area contributed by atoms with E-state index in [1.165, 1.54) is 12.1 Å². The first-order valence-corrected chi connectivity index (χ1v) is 9.56. The van der Waals surface area contributed by atoms with E-state index in [4.69, 9.17) is 4.74 Å². The Balaban J connectivity index is 1.50. The van der Waals surface area contributed by atoms with Gasteiger partial charge in [-0.15, -0.1) is 0 Å². The van der Waals surface area contributed by atoms with Gasteiger partial charge in [-0.3, -0.25) is 9.59 Å². The lowest BCUT2D eigenvalue weighted by Crippen LogP contribution is -2.53. The van der Waals surface area contributed by atoms with Crippen LogP contribution in [0.1, 0.15) is 48.0 Å². The van der Waals surface area contributed by atoms with Gasteiger partial charge in [0.1, 0.15) is 0 Å². The van der Waals surface area contributed by atoms with E-state index >= 15 is 0 Å². The van der Waals surface area contributed by atoms with Crippen molar-refractivity contribution in [3.8, 4) is 0 Å². The lowest BCUT2D eigenvalue weighted by molar-refractivity contribution is -0.137. The predicted molar refractivity (Wildman–Crippen MR) is 96.6 cm³/mol. The summed E-state index contributed by atoms with van der Waals surface area (Å²) in [6, 6.07) is 4.46. The summed E-state index contributed by atoms with van der Waals surface area (Å²) in [6.07, 6.45) is -0.270. The Kier molecular flexibility index (Phi) is 6.27. The third-order valence-corrected chi connectivity index (χ3v) is 5.79. The molecule has 1 aromatic carbocycles. The number of halogens is 3. The zero-order chi connectivity index (χ0) is 20.3. The maximum absolute atomic E-state index is 12.8. The zero-order valence-electron chi connectivity index (χ0n) is 15.7. The molecule has 28 heavy (non-hydrogen) atoms. The van der Waals surface area contributed by atoms with Crippen LogP contribution < -0.4 is 10.6 Å². The fraction of sp³-hybridized carbons (Fsp3) is 0.600.